The van der Waals surface area contributed by atoms with E-state index >= 15 is 0 Å². The van der Waals surface area contributed by atoms with Crippen LogP contribution in [0.4, 0.5) is 0 Å². The van der Waals surface area contributed by atoms with Crippen molar-refractivity contribution >= 4 is 29.8 Å². The Bertz CT molecular complexity index is 1560. The number of ether oxygens (including phenoxy) is 5. The van der Waals surface area contributed by atoms with E-state index in [0.29, 0.717) is 18.2 Å². The summed E-state index contributed by atoms with van der Waals surface area (Å²) in [6, 6.07) is 2.01. The third-order valence-electron chi connectivity index (χ3n) is 7.18. The molecule has 0 spiro atoms. The number of carboxylic acid groups (broad SMARTS) is 1. The maximum atomic E-state index is 13.5. The lowest BCUT2D eigenvalue weighted by Gasteiger charge is -2.42. The Morgan fingerprint density at radius 3 is 2.11 bits per heavy atom. The minimum absolute atomic E-state index is 0.548. The maximum absolute atomic E-state index is 13.5. The smallest absolute Gasteiger partial charge is 0.340 e. The van der Waals surface area contributed by atoms with Crippen molar-refractivity contribution < 1.29 is 88.5 Å². The maximum Gasteiger partial charge on any atom is 0.340 e. The average molecular weight is 622 g/mol. The van der Waals surface area contributed by atoms with Crippen molar-refractivity contribution in [1.82, 2.24) is 0 Å². The highest BCUT2D eigenvalue weighted by Crippen LogP contribution is 2.51. The van der Waals surface area contributed by atoms with Crippen molar-refractivity contribution in [1.29, 1.82) is 0 Å². The predicted octanol–water partition coefficient (Wildman–Crippen LogP) is -1.31. The van der Waals surface area contributed by atoms with E-state index in [9.17, 15) is 64.8 Å². The van der Waals surface area contributed by atoms with Crippen molar-refractivity contribution in [2.45, 2.75) is 43.0 Å². The van der Waals surface area contributed by atoms with Gasteiger partial charge in [0.2, 0.25) is 12.0 Å². The number of carboxylic acids is 1. The molecule has 3 aliphatic heterocycles. The monoisotopic (exact) mass is 622 g/mol. The van der Waals surface area contributed by atoms with Gasteiger partial charge in [-0.25, -0.2) is 9.59 Å². The molecule has 0 unspecified atom stereocenters. The number of rotatable bonds is 5. The van der Waals surface area contributed by atoms with E-state index in [4.69, 9.17) is 23.7 Å². The van der Waals surface area contributed by atoms with Gasteiger partial charge < -0.3 is 64.5 Å². The van der Waals surface area contributed by atoms with Crippen LogP contribution in [-0.2, 0) is 33.3 Å². The molecular weight excluding hydrogens is 600 g/mol. The molecule has 2 aromatic carbocycles. The number of aliphatic hydroxyl groups excluding tert-OH is 2. The second-order valence-electron chi connectivity index (χ2n) is 9.89. The number of carbonyl (C=O) groups excluding carboxylic acids is 4. The molecule has 1 fully saturated rings. The molecule has 5 rings (SSSR count). The van der Waals surface area contributed by atoms with Crippen LogP contribution in [0.15, 0.2) is 18.2 Å². The number of aliphatic carboxylic acids is 1. The van der Waals surface area contributed by atoms with Crippen LogP contribution in [0.2, 0.25) is 0 Å². The molecular formula is C26H22O18. The molecule has 0 radical (unpaired) electrons. The summed E-state index contributed by atoms with van der Waals surface area (Å²) < 4.78 is 26.3. The highest BCUT2D eigenvalue weighted by molar-refractivity contribution is 6.02. The van der Waals surface area contributed by atoms with Gasteiger partial charge in [0.05, 0.1) is 30.1 Å². The minimum Gasteiger partial charge on any atom is -0.504 e. The van der Waals surface area contributed by atoms with Crippen molar-refractivity contribution in [3.63, 3.8) is 0 Å². The fraction of sp³-hybridized carbons (Fsp3) is 0.346. The number of benzene rings is 2. The van der Waals surface area contributed by atoms with Gasteiger partial charge in [0.25, 0.3) is 0 Å². The van der Waals surface area contributed by atoms with Gasteiger partial charge >= 0.3 is 29.8 Å². The zero-order chi connectivity index (χ0) is 32.2. The number of fused-ring (bicyclic) bond motifs is 2. The van der Waals surface area contributed by atoms with E-state index in [0.717, 1.165) is 0 Å². The highest BCUT2D eigenvalue weighted by Gasteiger charge is 2.55. The summed E-state index contributed by atoms with van der Waals surface area (Å²) in [5, 5.41) is 80.2. The van der Waals surface area contributed by atoms with Gasteiger partial charge in [-0.05, 0) is 18.2 Å². The molecule has 2 bridgehead atoms. The number of carbonyl (C=O) groups is 5. The fourth-order valence-electron chi connectivity index (χ4n) is 5.11. The van der Waals surface area contributed by atoms with Crippen LogP contribution in [0, 0.1) is 5.92 Å². The van der Waals surface area contributed by atoms with E-state index < -0.39 is 137 Å². The molecule has 7 atom stereocenters. The van der Waals surface area contributed by atoms with E-state index in [1.807, 2.05) is 0 Å². The summed E-state index contributed by atoms with van der Waals surface area (Å²) in [6.07, 6.45) is -11.1. The predicted molar refractivity (Wildman–Crippen MR) is 132 cm³/mol. The Balaban J connectivity index is 1.61. The number of hydrogen-bond donors (Lipinski definition) is 8. The first-order valence-electron chi connectivity index (χ1n) is 12.6. The van der Waals surface area contributed by atoms with Crippen LogP contribution in [-0.4, -0.2) is 108 Å². The first-order valence-corrected chi connectivity index (χ1v) is 12.6. The van der Waals surface area contributed by atoms with Crippen LogP contribution in [0.25, 0.3) is 0 Å². The van der Waals surface area contributed by atoms with Gasteiger partial charge in [-0.15, -0.1) is 0 Å². The van der Waals surface area contributed by atoms with E-state index in [-0.39, 0.29) is 0 Å². The molecule has 234 valence electrons. The van der Waals surface area contributed by atoms with Gasteiger partial charge in [0.15, 0.2) is 41.0 Å². The molecule has 1 saturated heterocycles. The van der Waals surface area contributed by atoms with Crippen LogP contribution in [0.3, 0.4) is 0 Å². The molecule has 0 aliphatic carbocycles. The fourth-order valence-corrected chi connectivity index (χ4v) is 5.11. The molecule has 18 heteroatoms. The Hall–Kier alpha value is -5.33. The molecule has 18 nitrogen and oxygen atoms in total. The van der Waals surface area contributed by atoms with E-state index in [2.05, 4.69) is 0 Å². The Labute approximate surface area is 243 Å². The third kappa shape index (κ3) is 4.99. The summed E-state index contributed by atoms with van der Waals surface area (Å²) >= 11 is 0. The zero-order valence-electron chi connectivity index (χ0n) is 21.8. The normalized spacial score (nSPS) is 27.7. The summed E-state index contributed by atoms with van der Waals surface area (Å²) in [5.41, 5.74) is -1.83. The van der Waals surface area contributed by atoms with Crippen molar-refractivity contribution in [2.75, 3.05) is 6.61 Å². The Kier molecular flexibility index (Phi) is 7.58. The molecule has 2 aromatic rings. The lowest BCUT2D eigenvalue weighted by atomic mass is 9.82. The van der Waals surface area contributed by atoms with Crippen molar-refractivity contribution in [3.05, 3.63) is 34.9 Å². The first-order chi connectivity index (χ1) is 20.7. The largest absolute Gasteiger partial charge is 0.504 e. The topological polar surface area (TPSA) is 293 Å². The molecule has 0 aromatic heterocycles. The lowest BCUT2D eigenvalue weighted by molar-refractivity contribution is -0.288. The molecule has 8 N–H and O–H groups in total. The molecule has 44 heavy (non-hydrogen) atoms. The number of aromatic hydroxyl groups is 5. The zero-order valence-corrected chi connectivity index (χ0v) is 21.8. The standard InChI is InChI=1S/C26H22O18/c27-5-12-19-18(35)21(26(40-12)44-22(36)6-1-9(28)16(33)10(29)2-6)43-23(37)7-3-11(30)17(34)20-14(7)15(25(39)42-20)8(4-13(31)32)24(38)41-19/h1-3,8,12,15,18-19,21,26-30,33-35H,4-5H2,(H,31,32)/t8-,12+,15-,18-,19+,21+,26-/m0/s1. The van der Waals surface area contributed by atoms with Crippen LogP contribution in [0.5, 0.6) is 34.5 Å². The number of esters is 4. The third-order valence-corrected chi connectivity index (χ3v) is 7.18. The van der Waals surface area contributed by atoms with Gasteiger partial charge in [0.1, 0.15) is 18.1 Å². The highest BCUT2D eigenvalue weighted by atomic mass is 16.7. The first kappa shape index (κ1) is 30.1. The number of hydrogen-bond acceptors (Lipinski definition) is 17. The summed E-state index contributed by atoms with van der Waals surface area (Å²) in [6.45, 7) is -1.02. The Morgan fingerprint density at radius 1 is 0.864 bits per heavy atom. The van der Waals surface area contributed by atoms with Gasteiger partial charge in [-0.2, -0.15) is 0 Å². The minimum atomic E-state index is -2.15. The molecule has 0 amide bonds. The van der Waals surface area contributed by atoms with E-state index in [1.165, 1.54) is 0 Å². The molecule has 3 heterocycles. The summed E-state index contributed by atoms with van der Waals surface area (Å²) in [4.78, 5) is 64.3. The second-order valence-corrected chi connectivity index (χ2v) is 9.89. The van der Waals surface area contributed by atoms with E-state index in [1.54, 1.807) is 0 Å². The Morgan fingerprint density at radius 2 is 1.50 bits per heavy atom. The van der Waals surface area contributed by atoms with Crippen LogP contribution >= 0.6 is 0 Å². The quantitative estimate of drug-likeness (QED) is 0.0831. The van der Waals surface area contributed by atoms with Crippen LogP contribution < -0.4 is 4.74 Å². The van der Waals surface area contributed by atoms with Gasteiger partial charge in [-0.1, -0.05) is 0 Å². The van der Waals surface area contributed by atoms with Gasteiger partial charge in [0, 0.05) is 5.56 Å². The molecule has 0 saturated carbocycles. The number of aliphatic hydroxyl groups is 2. The van der Waals surface area contributed by atoms with Crippen LogP contribution in [0.1, 0.15) is 38.6 Å². The second kappa shape index (κ2) is 11.1. The average Bonchev–Trinajstić information content (AvgIpc) is 3.30. The van der Waals surface area contributed by atoms with Gasteiger partial charge in [-0.3, -0.25) is 14.4 Å². The summed E-state index contributed by atoms with van der Waals surface area (Å²) in [5.74, 6) is -16.6. The number of phenolic OH excluding ortho intramolecular Hbond substituents is 5. The number of phenols is 5. The van der Waals surface area contributed by atoms with Crippen molar-refractivity contribution in [3.8, 4) is 34.5 Å². The summed E-state index contributed by atoms with van der Waals surface area (Å²) in [7, 11) is 0. The van der Waals surface area contributed by atoms with Crippen molar-refractivity contribution in [2.24, 2.45) is 5.92 Å². The SMILES string of the molecule is O=C(O)C[C@@H]1C(=O)O[C@H]2[C@H](O)[C@@H](OC(=O)c3cc(O)c(O)c4c3[C@H]1C(=O)O4)[C@H](OC(=O)c1cc(O)c(O)c(O)c1)O[C@@H]2CO. The lowest BCUT2D eigenvalue weighted by Crippen LogP contribution is -2.62. The molecule has 3 aliphatic rings.